The normalized spacial score (nSPS) is 30.4. The summed E-state index contributed by atoms with van der Waals surface area (Å²) in [6.45, 7) is 1.62. The van der Waals surface area contributed by atoms with Crippen LogP contribution in [0.1, 0.15) is 68.9 Å². The van der Waals surface area contributed by atoms with E-state index < -0.39 is 11.6 Å². The Hall–Kier alpha value is -0.703. The standard InChI is InChI=1S/C22H31F2Si/c1-15-2-8-20(22(24)21(15)23)13-5-16-3-9-18(10-4-16)19-11-6-17(14-25)7-12-19/h2,8,16-19H,3-7,9-14H2,1H3. The Labute approximate surface area is 155 Å². The molecule has 0 spiro atoms. The fraction of sp³-hybridized carbons (Fsp3) is 0.727. The molecule has 3 rings (SSSR count). The van der Waals surface area contributed by atoms with Crippen LogP contribution >= 0.6 is 0 Å². The van der Waals surface area contributed by atoms with E-state index in [4.69, 9.17) is 0 Å². The average molecular weight is 362 g/mol. The Morgan fingerprint density at radius 1 is 0.840 bits per heavy atom. The summed E-state index contributed by atoms with van der Waals surface area (Å²) in [6, 6.07) is 4.63. The Bertz CT molecular complexity index is 555. The molecule has 2 aliphatic carbocycles. The Kier molecular flexibility index (Phi) is 6.71. The third-order valence-corrected chi connectivity index (χ3v) is 7.49. The summed E-state index contributed by atoms with van der Waals surface area (Å²) in [5.41, 5.74) is 0.953. The van der Waals surface area contributed by atoms with Crippen molar-refractivity contribution in [3.05, 3.63) is 34.9 Å². The van der Waals surface area contributed by atoms with Gasteiger partial charge in [-0.3, -0.25) is 0 Å². The zero-order valence-electron chi connectivity index (χ0n) is 15.5. The lowest BCUT2D eigenvalue weighted by molar-refractivity contribution is 0.148. The molecule has 0 bridgehead atoms. The van der Waals surface area contributed by atoms with E-state index >= 15 is 0 Å². The van der Waals surface area contributed by atoms with Gasteiger partial charge in [-0.05, 0) is 80.2 Å². The first kappa shape index (κ1) is 19.1. The summed E-state index contributed by atoms with van der Waals surface area (Å²) in [6.07, 6.45) is 12.5. The predicted octanol–water partition coefficient (Wildman–Crippen LogP) is 6.41. The molecule has 0 N–H and O–H groups in total. The van der Waals surface area contributed by atoms with Crippen LogP contribution in [0.2, 0.25) is 6.04 Å². The molecule has 1 aromatic carbocycles. The summed E-state index contributed by atoms with van der Waals surface area (Å²) in [7, 11) is 3.68. The van der Waals surface area contributed by atoms with Crippen molar-refractivity contribution in [3.8, 4) is 0 Å². The number of benzene rings is 1. The highest BCUT2D eigenvalue weighted by Crippen LogP contribution is 2.42. The van der Waals surface area contributed by atoms with Gasteiger partial charge in [-0.15, -0.1) is 0 Å². The number of halogens is 2. The zero-order valence-corrected chi connectivity index (χ0v) is 16.5. The van der Waals surface area contributed by atoms with Crippen molar-refractivity contribution in [1.29, 1.82) is 0 Å². The fourth-order valence-corrected chi connectivity index (χ4v) is 5.46. The molecule has 0 unspecified atom stereocenters. The maximum absolute atomic E-state index is 14.0. The SMILES string of the molecule is Cc1ccc(CCC2CCC(C3CCC(C[Si])CC3)CC2)c(F)c1F. The average Bonchev–Trinajstić information content (AvgIpc) is 2.66. The molecule has 0 heterocycles. The van der Waals surface area contributed by atoms with Gasteiger partial charge in [0.25, 0.3) is 0 Å². The molecule has 0 nitrogen and oxygen atoms in total. The van der Waals surface area contributed by atoms with Crippen LogP contribution in [-0.4, -0.2) is 10.2 Å². The number of aryl methyl sites for hydroxylation is 2. The third kappa shape index (κ3) is 4.72. The molecule has 3 radical (unpaired) electrons. The van der Waals surface area contributed by atoms with E-state index in [1.165, 1.54) is 51.4 Å². The maximum atomic E-state index is 14.0. The minimum absolute atomic E-state index is 0.399. The third-order valence-electron chi connectivity index (χ3n) is 6.92. The Morgan fingerprint density at radius 2 is 1.40 bits per heavy atom. The van der Waals surface area contributed by atoms with Gasteiger partial charge in [0, 0.05) is 10.2 Å². The number of hydrogen-bond donors (Lipinski definition) is 0. The van der Waals surface area contributed by atoms with Crippen LogP contribution in [0.3, 0.4) is 0 Å². The molecule has 2 saturated carbocycles. The lowest BCUT2D eigenvalue weighted by Crippen LogP contribution is -2.26. The van der Waals surface area contributed by atoms with Crippen LogP contribution in [0.4, 0.5) is 8.78 Å². The molecule has 25 heavy (non-hydrogen) atoms. The highest BCUT2D eigenvalue weighted by atomic mass is 28.1. The van der Waals surface area contributed by atoms with Crippen LogP contribution in [-0.2, 0) is 6.42 Å². The van der Waals surface area contributed by atoms with Crippen LogP contribution in [0.25, 0.3) is 0 Å². The van der Waals surface area contributed by atoms with E-state index in [0.717, 1.165) is 30.2 Å². The van der Waals surface area contributed by atoms with Crippen molar-refractivity contribution in [3.63, 3.8) is 0 Å². The summed E-state index contributed by atoms with van der Waals surface area (Å²) in [5.74, 6) is 2.16. The first-order chi connectivity index (χ1) is 12.1. The second-order valence-electron chi connectivity index (χ2n) is 8.47. The maximum Gasteiger partial charge on any atom is 0.162 e. The molecule has 137 valence electrons. The van der Waals surface area contributed by atoms with Crippen molar-refractivity contribution in [2.45, 2.75) is 77.2 Å². The van der Waals surface area contributed by atoms with Crippen LogP contribution in [0, 0.1) is 42.2 Å². The lowest BCUT2D eigenvalue weighted by Gasteiger charge is -2.37. The topological polar surface area (TPSA) is 0 Å². The van der Waals surface area contributed by atoms with Gasteiger partial charge in [0.15, 0.2) is 11.6 Å². The lowest BCUT2D eigenvalue weighted by atomic mass is 9.69. The van der Waals surface area contributed by atoms with Crippen LogP contribution in [0.15, 0.2) is 12.1 Å². The quantitative estimate of drug-likeness (QED) is 0.532. The van der Waals surface area contributed by atoms with E-state index in [1.807, 2.05) is 0 Å². The largest absolute Gasteiger partial charge is 0.203 e. The molecule has 0 amide bonds. The van der Waals surface area contributed by atoms with Gasteiger partial charge in [-0.25, -0.2) is 8.78 Å². The molecular weight excluding hydrogens is 330 g/mol. The molecule has 2 aliphatic rings. The summed E-state index contributed by atoms with van der Waals surface area (Å²) in [4.78, 5) is 0. The molecule has 0 atom stereocenters. The molecule has 1 aromatic rings. The van der Waals surface area contributed by atoms with E-state index in [9.17, 15) is 8.78 Å². The second kappa shape index (κ2) is 8.79. The van der Waals surface area contributed by atoms with Crippen molar-refractivity contribution in [1.82, 2.24) is 0 Å². The first-order valence-corrected chi connectivity index (χ1v) is 10.9. The molecule has 0 aliphatic heterocycles. The van der Waals surface area contributed by atoms with Gasteiger partial charge in [-0.2, -0.15) is 0 Å². The Balaban J connectivity index is 1.43. The summed E-state index contributed by atoms with van der Waals surface area (Å²) in [5, 5.41) is 0. The summed E-state index contributed by atoms with van der Waals surface area (Å²) >= 11 is 0. The van der Waals surface area contributed by atoms with E-state index in [2.05, 4.69) is 10.2 Å². The minimum Gasteiger partial charge on any atom is -0.203 e. The van der Waals surface area contributed by atoms with Crippen LogP contribution in [0.5, 0.6) is 0 Å². The van der Waals surface area contributed by atoms with E-state index in [-0.39, 0.29) is 0 Å². The van der Waals surface area contributed by atoms with E-state index in [1.54, 1.807) is 19.1 Å². The molecule has 2 fully saturated rings. The second-order valence-corrected chi connectivity index (χ2v) is 8.88. The van der Waals surface area contributed by atoms with Gasteiger partial charge in [-0.1, -0.05) is 43.9 Å². The molecular formula is C22H31F2Si. The first-order valence-electron chi connectivity index (χ1n) is 10.2. The molecule has 0 saturated heterocycles. The Morgan fingerprint density at radius 3 is 1.96 bits per heavy atom. The van der Waals surface area contributed by atoms with E-state index in [0.29, 0.717) is 23.5 Å². The molecule has 3 heteroatoms. The van der Waals surface area contributed by atoms with Crippen LogP contribution < -0.4 is 0 Å². The highest BCUT2D eigenvalue weighted by Gasteiger charge is 2.30. The predicted molar refractivity (Wildman–Crippen MR) is 101 cm³/mol. The fourth-order valence-electron chi connectivity index (χ4n) is 5.05. The molecule has 0 aromatic heterocycles. The number of rotatable bonds is 5. The zero-order chi connectivity index (χ0) is 17.8. The van der Waals surface area contributed by atoms with Crippen molar-refractivity contribution in [2.75, 3.05) is 0 Å². The van der Waals surface area contributed by atoms with Gasteiger partial charge in [0.2, 0.25) is 0 Å². The van der Waals surface area contributed by atoms with Gasteiger partial charge in [0.05, 0.1) is 0 Å². The van der Waals surface area contributed by atoms with Gasteiger partial charge in [0.1, 0.15) is 0 Å². The van der Waals surface area contributed by atoms with Gasteiger partial charge >= 0.3 is 0 Å². The van der Waals surface area contributed by atoms with Crippen molar-refractivity contribution in [2.24, 2.45) is 23.7 Å². The summed E-state index contributed by atoms with van der Waals surface area (Å²) < 4.78 is 27.7. The van der Waals surface area contributed by atoms with Crippen molar-refractivity contribution >= 4 is 10.2 Å². The minimum atomic E-state index is -0.667. The highest BCUT2D eigenvalue weighted by molar-refractivity contribution is 6.08. The monoisotopic (exact) mass is 361 g/mol. The number of hydrogen-bond acceptors (Lipinski definition) is 0. The van der Waals surface area contributed by atoms with Gasteiger partial charge < -0.3 is 0 Å². The smallest absolute Gasteiger partial charge is 0.162 e. The van der Waals surface area contributed by atoms with Crippen molar-refractivity contribution < 1.29 is 8.78 Å².